The lowest BCUT2D eigenvalue weighted by Gasteiger charge is -2.36. The zero-order valence-electron chi connectivity index (χ0n) is 11.4. The van der Waals surface area contributed by atoms with Crippen molar-refractivity contribution in [3.63, 3.8) is 0 Å². The fraction of sp³-hybridized carbons (Fsp3) is 0.600. The summed E-state index contributed by atoms with van der Waals surface area (Å²) in [7, 11) is 2.18. The number of aryl methyl sites for hydroxylation is 1. The number of benzene rings is 1. The first-order valence-corrected chi connectivity index (χ1v) is 6.78. The van der Waals surface area contributed by atoms with Crippen molar-refractivity contribution in [1.82, 2.24) is 10.2 Å². The molecule has 1 aliphatic rings. The van der Waals surface area contributed by atoms with Crippen LogP contribution in [0.1, 0.15) is 23.5 Å². The molecule has 2 rings (SSSR count). The van der Waals surface area contributed by atoms with E-state index in [-0.39, 0.29) is 6.61 Å². The Labute approximate surface area is 110 Å². The van der Waals surface area contributed by atoms with E-state index in [1.165, 1.54) is 11.1 Å². The van der Waals surface area contributed by atoms with Gasteiger partial charge < -0.3 is 15.3 Å². The summed E-state index contributed by atoms with van der Waals surface area (Å²) in [6, 6.07) is 9.32. The highest BCUT2D eigenvalue weighted by atomic mass is 16.3. The normalized spacial score (nSPS) is 25.3. The maximum atomic E-state index is 8.91. The Morgan fingerprint density at radius 3 is 2.94 bits per heavy atom. The van der Waals surface area contributed by atoms with Crippen LogP contribution in [0.15, 0.2) is 24.3 Å². The van der Waals surface area contributed by atoms with Crippen LogP contribution in [0.25, 0.3) is 0 Å². The molecular weight excluding hydrogens is 224 g/mol. The molecule has 0 amide bonds. The molecule has 0 bridgehead atoms. The molecule has 1 saturated heterocycles. The molecule has 2 N–H and O–H groups in total. The predicted octanol–water partition coefficient (Wildman–Crippen LogP) is 1.36. The van der Waals surface area contributed by atoms with E-state index in [1.807, 2.05) is 0 Å². The van der Waals surface area contributed by atoms with Crippen molar-refractivity contribution >= 4 is 0 Å². The van der Waals surface area contributed by atoms with Crippen LogP contribution in [0.5, 0.6) is 0 Å². The number of hydrogen-bond donors (Lipinski definition) is 2. The number of likely N-dealkylation sites (tertiary alicyclic amines) is 1. The number of piperidine rings is 1. The third-order valence-corrected chi connectivity index (χ3v) is 3.69. The number of aliphatic hydroxyl groups is 1. The first kappa shape index (κ1) is 13.5. The Hall–Kier alpha value is -0.900. The van der Waals surface area contributed by atoms with Crippen molar-refractivity contribution in [3.05, 3.63) is 35.4 Å². The number of aliphatic hydroxyl groups excluding tert-OH is 1. The molecule has 0 aromatic heterocycles. The summed E-state index contributed by atoms with van der Waals surface area (Å²) in [6.45, 7) is 5.26. The average molecular weight is 248 g/mol. The van der Waals surface area contributed by atoms with E-state index in [1.54, 1.807) is 0 Å². The molecule has 2 unspecified atom stereocenters. The van der Waals surface area contributed by atoms with Gasteiger partial charge in [-0.2, -0.15) is 0 Å². The Morgan fingerprint density at radius 1 is 1.39 bits per heavy atom. The number of hydrogen-bond acceptors (Lipinski definition) is 3. The first-order chi connectivity index (χ1) is 8.69. The molecule has 3 nitrogen and oxygen atoms in total. The zero-order valence-corrected chi connectivity index (χ0v) is 11.4. The van der Waals surface area contributed by atoms with E-state index in [9.17, 15) is 0 Å². The molecule has 1 heterocycles. The van der Waals surface area contributed by atoms with Crippen LogP contribution in [-0.4, -0.2) is 49.3 Å². The third-order valence-electron chi connectivity index (χ3n) is 3.69. The lowest BCUT2D eigenvalue weighted by molar-refractivity contribution is 0.194. The highest BCUT2D eigenvalue weighted by Crippen LogP contribution is 2.26. The maximum Gasteiger partial charge on any atom is 0.0556 e. The molecule has 0 spiro atoms. The van der Waals surface area contributed by atoms with Gasteiger partial charge in [-0.05, 0) is 31.9 Å². The molecule has 100 valence electrons. The molecule has 3 heteroatoms. The Kier molecular flexibility index (Phi) is 4.75. The molecular formula is C15H24N2O. The highest BCUT2D eigenvalue weighted by molar-refractivity contribution is 5.26. The molecule has 1 fully saturated rings. The minimum absolute atomic E-state index is 0.218. The van der Waals surface area contributed by atoms with Gasteiger partial charge in [-0.15, -0.1) is 0 Å². The van der Waals surface area contributed by atoms with Crippen LogP contribution in [0, 0.1) is 6.92 Å². The molecule has 0 saturated carbocycles. The van der Waals surface area contributed by atoms with E-state index in [0.29, 0.717) is 18.5 Å². The summed E-state index contributed by atoms with van der Waals surface area (Å²) in [6.07, 6.45) is 1.16. The topological polar surface area (TPSA) is 35.5 Å². The summed E-state index contributed by atoms with van der Waals surface area (Å²) in [5.41, 5.74) is 2.78. The summed E-state index contributed by atoms with van der Waals surface area (Å²) < 4.78 is 0. The number of nitrogens with one attached hydrogen (secondary N) is 1. The molecule has 0 aliphatic carbocycles. The van der Waals surface area contributed by atoms with Gasteiger partial charge in [-0.25, -0.2) is 0 Å². The second-order valence-electron chi connectivity index (χ2n) is 5.44. The van der Waals surface area contributed by atoms with E-state index < -0.39 is 0 Å². The van der Waals surface area contributed by atoms with Gasteiger partial charge in [0.25, 0.3) is 0 Å². The van der Waals surface area contributed by atoms with Gasteiger partial charge in [0.05, 0.1) is 6.61 Å². The van der Waals surface area contributed by atoms with Gasteiger partial charge in [0.15, 0.2) is 0 Å². The summed E-state index contributed by atoms with van der Waals surface area (Å²) in [5, 5.41) is 12.3. The van der Waals surface area contributed by atoms with Crippen molar-refractivity contribution in [2.75, 3.05) is 33.3 Å². The standard InChI is InChI=1S/C15H24N2O/c1-12-4-3-5-13(8-12)14-9-15(16-6-7-18)11-17(2)10-14/h3-5,8,14-16,18H,6-7,9-11H2,1-2H3. The monoisotopic (exact) mass is 248 g/mol. The lowest BCUT2D eigenvalue weighted by Crippen LogP contribution is -2.47. The van der Waals surface area contributed by atoms with Crippen molar-refractivity contribution in [3.8, 4) is 0 Å². The number of likely N-dealkylation sites (N-methyl/N-ethyl adjacent to an activating group) is 1. The predicted molar refractivity (Wildman–Crippen MR) is 74.9 cm³/mol. The van der Waals surface area contributed by atoms with Gasteiger partial charge >= 0.3 is 0 Å². The van der Waals surface area contributed by atoms with Crippen LogP contribution in [0.3, 0.4) is 0 Å². The number of nitrogens with zero attached hydrogens (tertiary/aromatic N) is 1. The van der Waals surface area contributed by atoms with E-state index >= 15 is 0 Å². The van der Waals surface area contributed by atoms with E-state index in [2.05, 4.69) is 48.5 Å². The first-order valence-electron chi connectivity index (χ1n) is 6.78. The van der Waals surface area contributed by atoms with Crippen LogP contribution in [0.4, 0.5) is 0 Å². The largest absolute Gasteiger partial charge is 0.395 e. The van der Waals surface area contributed by atoms with Crippen molar-refractivity contribution < 1.29 is 5.11 Å². The smallest absolute Gasteiger partial charge is 0.0556 e. The quantitative estimate of drug-likeness (QED) is 0.844. The SMILES string of the molecule is Cc1cccc(C2CC(NCCO)CN(C)C2)c1. The van der Waals surface area contributed by atoms with Gasteiger partial charge in [-0.3, -0.25) is 0 Å². The molecule has 18 heavy (non-hydrogen) atoms. The maximum absolute atomic E-state index is 8.91. The fourth-order valence-corrected chi connectivity index (χ4v) is 2.90. The van der Waals surface area contributed by atoms with E-state index in [4.69, 9.17) is 5.11 Å². The van der Waals surface area contributed by atoms with Crippen LogP contribution in [0.2, 0.25) is 0 Å². The van der Waals surface area contributed by atoms with Crippen LogP contribution in [-0.2, 0) is 0 Å². The fourth-order valence-electron chi connectivity index (χ4n) is 2.90. The highest BCUT2D eigenvalue weighted by Gasteiger charge is 2.25. The van der Waals surface area contributed by atoms with Crippen molar-refractivity contribution in [2.45, 2.75) is 25.3 Å². The second-order valence-corrected chi connectivity index (χ2v) is 5.44. The Balaban J connectivity index is 2.03. The number of rotatable bonds is 4. The average Bonchev–Trinajstić information content (AvgIpc) is 2.36. The van der Waals surface area contributed by atoms with Crippen LogP contribution >= 0.6 is 0 Å². The summed E-state index contributed by atoms with van der Waals surface area (Å²) in [5.74, 6) is 0.597. The molecule has 2 atom stereocenters. The molecule has 1 aromatic rings. The van der Waals surface area contributed by atoms with Gasteiger partial charge in [0.1, 0.15) is 0 Å². The Bertz CT molecular complexity index is 381. The molecule has 1 aromatic carbocycles. The third kappa shape index (κ3) is 3.55. The minimum atomic E-state index is 0.218. The molecule has 1 aliphatic heterocycles. The van der Waals surface area contributed by atoms with Crippen molar-refractivity contribution in [1.29, 1.82) is 0 Å². The lowest BCUT2D eigenvalue weighted by atomic mass is 9.87. The molecule has 0 radical (unpaired) electrons. The van der Waals surface area contributed by atoms with Gasteiger partial charge in [-0.1, -0.05) is 29.8 Å². The minimum Gasteiger partial charge on any atom is -0.395 e. The summed E-state index contributed by atoms with van der Waals surface area (Å²) in [4.78, 5) is 2.38. The van der Waals surface area contributed by atoms with Crippen LogP contribution < -0.4 is 5.32 Å². The second kappa shape index (κ2) is 6.32. The Morgan fingerprint density at radius 2 is 2.22 bits per heavy atom. The van der Waals surface area contributed by atoms with E-state index in [0.717, 1.165) is 19.5 Å². The van der Waals surface area contributed by atoms with Gasteiger partial charge in [0.2, 0.25) is 0 Å². The summed E-state index contributed by atoms with van der Waals surface area (Å²) >= 11 is 0. The van der Waals surface area contributed by atoms with Gasteiger partial charge in [0, 0.05) is 25.7 Å². The zero-order chi connectivity index (χ0) is 13.0. The van der Waals surface area contributed by atoms with Crippen molar-refractivity contribution in [2.24, 2.45) is 0 Å².